The molecule has 2 aliphatic rings. The van der Waals surface area contributed by atoms with Gasteiger partial charge in [0.1, 0.15) is 18.3 Å². The molecule has 2 saturated heterocycles. The lowest BCUT2D eigenvalue weighted by atomic mass is 10.2. The topological polar surface area (TPSA) is 47.9 Å². The third kappa shape index (κ3) is 1.25. The summed E-state index contributed by atoms with van der Waals surface area (Å²) in [5.74, 6) is -0.521. The van der Waals surface area contributed by atoms with Gasteiger partial charge in [-0.2, -0.15) is 0 Å². The summed E-state index contributed by atoms with van der Waals surface area (Å²) in [6.45, 7) is 4.28. The molecule has 70 valence electrons. The molecule has 0 radical (unpaired) electrons. The van der Waals surface area contributed by atoms with E-state index in [0.717, 1.165) is 0 Å². The third-order valence-corrected chi connectivity index (χ3v) is 2.24. The summed E-state index contributed by atoms with van der Waals surface area (Å²) >= 11 is 0. The van der Waals surface area contributed by atoms with Crippen molar-refractivity contribution < 1.29 is 19.3 Å². The van der Waals surface area contributed by atoms with E-state index < -0.39 is 5.79 Å². The van der Waals surface area contributed by atoms with Gasteiger partial charge in [0.2, 0.25) is 0 Å². The highest BCUT2D eigenvalue weighted by molar-refractivity contribution is 4.91. The number of aliphatic hydroxyl groups is 1. The molecule has 2 fully saturated rings. The van der Waals surface area contributed by atoms with Crippen molar-refractivity contribution in [2.45, 2.75) is 37.9 Å². The second-order valence-electron chi connectivity index (χ2n) is 3.69. The summed E-state index contributed by atoms with van der Waals surface area (Å²) in [7, 11) is 0. The van der Waals surface area contributed by atoms with Crippen LogP contribution in [0.5, 0.6) is 0 Å². The Bertz CT molecular complexity index is 180. The molecule has 0 saturated carbocycles. The van der Waals surface area contributed by atoms with Crippen molar-refractivity contribution in [2.24, 2.45) is 0 Å². The van der Waals surface area contributed by atoms with Crippen LogP contribution in [0.4, 0.5) is 0 Å². The summed E-state index contributed by atoms with van der Waals surface area (Å²) in [6.07, 6.45) is -0.307. The normalized spacial score (nSPS) is 44.8. The molecule has 4 nitrogen and oxygen atoms in total. The van der Waals surface area contributed by atoms with Crippen LogP contribution in [0.15, 0.2) is 0 Å². The predicted molar refractivity (Wildman–Crippen MR) is 40.7 cm³/mol. The standard InChI is InChI=1S/C8H14O4/c1-8(2)11-6-4-10-5(3-9)7(6)12-8/h5-7,9H,3-4H2,1-2H3/t5?,6-,7+/m1/s1. The Morgan fingerprint density at radius 3 is 2.83 bits per heavy atom. The molecular formula is C8H14O4. The highest BCUT2D eigenvalue weighted by Crippen LogP contribution is 2.34. The lowest BCUT2D eigenvalue weighted by Gasteiger charge is -2.20. The Kier molecular flexibility index (Phi) is 1.88. The zero-order valence-electron chi connectivity index (χ0n) is 7.32. The Morgan fingerprint density at radius 1 is 1.42 bits per heavy atom. The molecular weight excluding hydrogens is 160 g/mol. The number of aliphatic hydroxyl groups excluding tert-OH is 1. The van der Waals surface area contributed by atoms with Gasteiger partial charge in [-0.25, -0.2) is 0 Å². The molecule has 1 N–H and O–H groups in total. The number of ether oxygens (including phenoxy) is 3. The van der Waals surface area contributed by atoms with E-state index in [4.69, 9.17) is 19.3 Å². The van der Waals surface area contributed by atoms with E-state index in [-0.39, 0.29) is 24.9 Å². The van der Waals surface area contributed by atoms with Gasteiger partial charge in [0, 0.05) is 0 Å². The Morgan fingerprint density at radius 2 is 2.17 bits per heavy atom. The summed E-state index contributed by atoms with van der Waals surface area (Å²) in [5.41, 5.74) is 0. The fourth-order valence-corrected chi connectivity index (χ4v) is 1.78. The Labute approximate surface area is 71.4 Å². The maximum atomic E-state index is 8.92. The van der Waals surface area contributed by atoms with Crippen LogP contribution in [0.25, 0.3) is 0 Å². The van der Waals surface area contributed by atoms with E-state index in [1.165, 1.54) is 0 Å². The first kappa shape index (κ1) is 8.44. The lowest BCUT2D eigenvalue weighted by molar-refractivity contribution is -0.177. The van der Waals surface area contributed by atoms with Crippen molar-refractivity contribution in [3.63, 3.8) is 0 Å². The van der Waals surface area contributed by atoms with E-state index in [1.807, 2.05) is 13.8 Å². The minimum atomic E-state index is -0.521. The molecule has 0 aromatic heterocycles. The first-order valence-electron chi connectivity index (χ1n) is 4.20. The fourth-order valence-electron chi connectivity index (χ4n) is 1.78. The lowest BCUT2D eigenvalue weighted by Crippen LogP contribution is -2.31. The van der Waals surface area contributed by atoms with Crippen LogP contribution in [-0.4, -0.2) is 42.4 Å². The van der Waals surface area contributed by atoms with Crippen molar-refractivity contribution >= 4 is 0 Å². The van der Waals surface area contributed by atoms with Crippen molar-refractivity contribution in [1.29, 1.82) is 0 Å². The maximum absolute atomic E-state index is 8.92. The number of rotatable bonds is 1. The van der Waals surface area contributed by atoms with Crippen LogP contribution in [0.1, 0.15) is 13.8 Å². The average Bonchev–Trinajstić information content (AvgIpc) is 2.42. The number of fused-ring (bicyclic) bond motifs is 1. The quantitative estimate of drug-likeness (QED) is 0.603. The summed E-state index contributed by atoms with van der Waals surface area (Å²) < 4.78 is 16.4. The molecule has 0 aromatic rings. The number of hydrogen-bond acceptors (Lipinski definition) is 4. The second kappa shape index (κ2) is 2.67. The van der Waals surface area contributed by atoms with E-state index in [0.29, 0.717) is 6.61 Å². The molecule has 4 heteroatoms. The molecule has 12 heavy (non-hydrogen) atoms. The largest absolute Gasteiger partial charge is 0.394 e. The van der Waals surface area contributed by atoms with Gasteiger partial charge in [0.05, 0.1) is 13.2 Å². The maximum Gasteiger partial charge on any atom is 0.164 e. The van der Waals surface area contributed by atoms with Crippen LogP contribution in [0.3, 0.4) is 0 Å². The molecule has 0 bridgehead atoms. The molecule has 2 aliphatic heterocycles. The zero-order valence-corrected chi connectivity index (χ0v) is 7.32. The van der Waals surface area contributed by atoms with E-state index in [1.54, 1.807) is 0 Å². The van der Waals surface area contributed by atoms with Gasteiger partial charge < -0.3 is 19.3 Å². The van der Waals surface area contributed by atoms with Crippen molar-refractivity contribution in [3.05, 3.63) is 0 Å². The summed E-state index contributed by atoms with van der Waals surface area (Å²) in [6, 6.07) is 0. The Hall–Kier alpha value is -0.160. The van der Waals surface area contributed by atoms with Crippen molar-refractivity contribution in [1.82, 2.24) is 0 Å². The summed E-state index contributed by atoms with van der Waals surface area (Å²) in [5, 5.41) is 8.92. The van der Waals surface area contributed by atoms with Crippen molar-refractivity contribution in [3.8, 4) is 0 Å². The smallest absolute Gasteiger partial charge is 0.164 e. The van der Waals surface area contributed by atoms with E-state index >= 15 is 0 Å². The van der Waals surface area contributed by atoms with Gasteiger partial charge in [-0.15, -0.1) is 0 Å². The highest BCUT2D eigenvalue weighted by atomic mass is 16.8. The highest BCUT2D eigenvalue weighted by Gasteiger charge is 2.49. The van der Waals surface area contributed by atoms with Gasteiger partial charge in [0.25, 0.3) is 0 Å². The molecule has 0 amide bonds. The monoisotopic (exact) mass is 174 g/mol. The van der Waals surface area contributed by atoms with Gasteiger partial charge >= 0.3 is 0 Å². The minimum Gasteiger partial charge on any atom is -0.394 e. The Balaban J connectivity index is 2.06. The molecule has 0 aromatic carbocycles. The predicted octanol–water partition coefficient (Wildman–Crippen LogP) is -0.102. The molecule has 0 aliphatic carbocycles. The van der Waals surface area contributed by atoms with Crippen LogP contribution in [0.2, 0.25) is 0 Å². The first-order chi connectivity index (χ1) is 5.62. The van der Waals surface area contributed by atoms with Crippen LogP contribution < -0.4 is 0 Å². The van der Waals surface area contributed by atoms with Gasteiger partial charge in [-0.1, -0.05) is 0 Å². The molecule has 1 unspecified atom stereocenters. The zero-order chi connectivity index (χ0) is 8.77. The SMILES string of the molecule is CC1(C)O[C@@H]2COC(CO)[C@@H]2O1. The van der Waals surface area contributed by atoms with Gasteiger partial charge in [-0.05, 0) is 13.8 Å². The molecule has 3 atom stereocenters. The van der Waals surface area contributed by atoms with Crippen LogP contribution >= 0.6 is 0 Å². The van der Waals surface area contributed by atoms with E-state index in [2.05, 4.69) is 0 Å². The molecule has 0 spiro atoms. The van der Waals surface area contributed by atoms with E-state index in [9.17, 15) is 0 Å². The van der Waals surface area contributed by atoms with Crippen LogP contribution in [0, 0.1) is 0 Å². The van der Waals surface area contributed by atoms with Crippen molar-refractivity contribution in [2.75, 3.05) is 13.2 Å². The van der Waals surface area contributed by atoms with Gasteiger partial charge in [0.15, 0.2) is 5.79 Å². The second-order valence-corrected chi connectivity index (χ2v) is 3.69. The fraction of sp³-hybridized carbons (Fsp3) is 1.00. The molecule has 2 rings (SSSR count). The summed E-state index contributed by atoms with van der Waals surface area (Å²) in [4.78, 5) is 0. The van der Waals surface area contributed by atoms with Crippen LogP contribution in [-0.2, 0) is 14.2 Å². The molecule has 2 heterocycles. The number of hydrogen-bond donors (Lipinski definition) is 1. The van der Waals surface area contributed by atoms with Gasteiger partial charge in [-0.3, -0.25) is 0 Å². The average molecular weight is 174 g/mol. The first-order valence-corrected chi connectivity index (χ1v) is 4.20. The minimum absolute atomic E-state index is 0.000602. The third-order valence-electron chi connectivity index (χ3n) is 2.24.